The van der Waals surface area contributed by atoms with Gasteiger partial charge in [-0.25, -0.2) is 0 Å². The van der Waals surface area contributed by atoms with Gasteiger partial charge in [0.05, 0.1) is 0 Å². The van der Waals surface area contributed by atoms with Crippen LogP contribution < -0.4 is 0 Å². The fraction of sp³-hybridized carbons (Fsp3) is 0. The molecule has 2 nitrogen and oxygen atoms in total. The maximum Gasteiger partial charge on any atom is 0.232 e. The van der Waals surface area contributed by atoms with Gasteiger partial charge in [-0.2, -0.15) is 0 Å². The van der Waals surface area contributed by atoms with Gasteiger partial charge in [0.1, 0.15) is 0 Å². The average molecular weight is 271 g/mol. The van der Waals surface area contributed by atoms with Crippen LogP contribution in [0.4, 0.5) is 0 Å². The third-order valence-electron chi connectivity index (χ3n) is 2.56. The lowest BCUT2D eigenvalue weighted by Gasteiger charge is -1.97. The lowest BCUT2D eigenvalue weighted by atomic mass is 10.1. The Bertz CT molecular complexity index is 613. The Labute approximate surface area is 116 Å². The van der Waals surface area contributed by atoms with E-state index in [9.17, 15) is 9.59 Å². The molecule has 0 aliphatic rings. The summed E-state index contributed by atoms with van der Waals surface area (Å²) >= 11 is 5.73. The van der Waals surface area contributed by atoms with Crippen molar-refractivity contribution in [3.05, 3.63) is 76.8 Å². The van der Waals surface area contributed by atoms with E-state index in [1.54, 1.807) is 30.3 Å². The van der Waals surface area contributed by atoms with Crippen LogP contribution in [0.1, 0.15) is 15.9 Å². The number of ketones is 2. The van der Waals surface area contributed by atoms with Crippen LogP contribution in [0.15, 0.2) is 60.7 Å². The summed E-state index contributed by atoms with van der Waals surface area (Å²) in [4.78, 5) is 23.6. The third-order valence-corrected chi connectivity index (χ3v) is 2.81. The molecule has 0 heterocycles. The fourth-order valence-electron chi connectivity index (χ4n) is 1.56. The molecule has 0 bridgehead atoms. The zero-order valence-electron chi connectivity index (χ0n) is 10.0. The van der Waals surface area contributed by atoms with E-state index in [1.165, 1.54) is 6.08 Å². The SMILES string of the molecule is O=C(/C=C/c1ccccc1)C(=O)c1ccc(Cl)cc1. The van der Waals surface area contributed by atoms with E-state index < -0.39 is 11.6 Å². The Hall–Kier alpha value is -2.19. The molecule has 0 N–H and O–H groups in total. The molecule has 2 aromatic rings. The highest BCUT2D eigenvalue weighted by Crippen LogP contribution is 2.11. The highest BCUT2D eigenvalue weighted by Gasteiger charge is 2.12. The minimum Gasteiger partial charge on any atom is -0.286 e. The van der Waals surface area contributed by atoms with Gasteiger partial charge < -0.3 is 0 Å². The van der Waals surface area contributed by atoms with E-state index in [4.69, 9.17) is 11.6 Å². The molecule has 0 spiro atoms. The zero-order valence-corrected chi connectivity index (χ0v) is 10.8. The normalized spacial score (nSPS) is 10.6. The highest BCUT2D eigenvalue weighted by molar-refractivity contribution is 6.48. The Morgan fingerprint density at radius 1 is 0.895 bits per heavy atom. The van der Waals surface area contributed by atoms with Crippen LogP contribution in [0, 0.1) is 0 Å². The molecular formula is C16H11ClO2. The summed E-state index contributed by atoms with van der Waals surface area (Å²) in [7, 11) is 0. The van der Waals surface area contributed by atoms with Crippen LogP contribution in [0.25, 0.3) is 6.08 Å². The van der Waals surface area contributed by atoms with Crippen molar-refractivity contribution < 1.29 is 9.59 Å². The van der Waals surface area contributed by atoms with Crippen molar-refractivity contribution in [2.45, 2.75) is 0 Å². The lowest BCUT2D eigenvalue weighted by molar-refractivity contribution is -0.110. The van der Waals surface area contributed by atoms with Crippen molar-refractivity contribution >= 4 is 29.2 Å². The molecule has 0 saturated heterocycles. The fourth-order valence-corrected chi connectivity index (χ4v) is 1.68. The molecule has 0 aromatic heterocycles. The monoisotopic (exact) mass is 270 g/mol. The lowest BCUT2D eigenvalue weighted by Crippen LogP contribution is -2.10. The predicted molar refractivity (Wildman–Crippen MR) is 76.3 cm³/mol. The molecule has 3 heteroatoms. The molecule has 0 atom stereocenters. The van der Waals surface area contributed by atoms with Crippen LogP contribution >= 0.6 is 11.6 Å². The standard InChI is InChI=1S/C16H11ClO2/c17-14-9-7-13(8-10-14)16(19)15(18)11-6-12-4-2-1-3-5-12/h1-11H/b11-6+. The van der Waals surface area contributed by atoms with Crippen LogP contribution in [-0.2, 0) is 4.79 Å². The smallest absolute Gasteiger partial charge is 0.232 e. The molecule has 2 rings (SSSR count). The van der Waals surface area contributed by atoms with Gasteiger partial charge >= 0.3 is 0 Å². The zero-order chi connectivity index (χ0) is 13.7. The second-order valence-corrected chi connectivity index (χ2v) is 4.38. The summed E-state index contributed by atoms with van der Waals surface area (Å²) < 4.78 is 0. The van der Waals surface area contributed by atoms with E-state index in [0.717, 1.165) is 5.56 Å². The number of rotatable bonds is 4. The summed E-state index contributed by atoms with van der Waals surface area (Å²) in [6.45, 7) is 0. The number of hydrogen-bond donors (Lipinski definition) is 0. The first kappa shape index (κ1) is 13.2. The van der Waals surface area contributed by atoms with E-state index in [1.807, 2.05) is 30.3 Å². The first-order valence-electron chi connectivity index (χ1n) is 5.74. The second-order valence-electron chi connectivity index (χ2n) is 3.94. The van der Waals surface area contributed by atoms with E-state index >= 15 is 0 Å². The van der Waals surface area contributed by atoms with Crippen LogP contribution in [0.5, 0.6) is 0 Å². The first-order chi connectivity index (χ1) is 9.16. The van der Waals surface area contributed by atoms with Gasteiger partial charge in [-0.1, -0.05) is 48.0 Å². The molecule has 0 fully saturated rings. The van der Waals surface area contributed by atoms with Gasteiger partial charge in [0.25, 0.3) is 0 Å². The molecule has 0 saturated carbocycles. The minimum absolute atomic E-state index is 0.340. The molecule has 0 amide bonds. The second kappa shape index (κ2) is 6.12. The number of Topliss-reactive ketones (excluding diaryl/α,β-unsaturated/α-hetero) is 1. The minimum atomic E-state index is -0.550. The third kappa shape index (κ3) is 3.63. The van der Waals surface area contributed by atoms with E-state index in [2.05, 4.69) is 0 Å². The quantitative estimate of drug-likeness (QED) is 0.481. The largest absolute Gasteiger partial charge is 0.286 e. The number of halogens is 1. The molecule has 2 aromatic carbocycles. The van der Waals surface area contributed by atoms with Crippen molar-refractivity contribution in [2.75, 3.05) is 0 Å². The van der Waals surface area contributed by atoms with E-state index in [-0.39, 0.29) is 0 Å². The maximum atomic E-state index is 11.8. The van der Waals surface area contributed by atoms with Crippen LogP contribution in [0.2, 0.25) is 5.02 Å². The molecular weight excluding hydrogens is 260 g/mol. The van der Waals surface area contributed by atoms with E-state index in [0.29, 0.717) is 10.6 Å². The van der Waals surface area contributed by atoms with Gasteiger partial charge in [0, 0.05) is 10.6 Å². The number of carbonyl (C=O) groups is 2. The van der Waals surface area contributed by atoms with Crippen LogP contribution in [-0.4, -0.2) is 11.6 Å². The van der Waals surface area contributed by atoms with Gasteiger partial charge in [0.15, 0.2) is 0 Å². The van der Waals surface area contributed by atoms with Gasteiger partial charge in [-0.15, -0.1) is 0 Å². The van der Waals surface area contributed by atoms with Crippen molar-refractivity contribution in [1.82, 2.24) is 0 Å². The van der Waals surface area contributed by atoms with Crippen molar-refractivity contribution in [3.63, 3.8) is 0 Å². The molecule has 0 aliphatic heterocycles. The molecule has 94 valence electrons. The maximum absolute atomic E-state index is 11.8. The molecule has 19 heavy (non-hydrogen) atoms. The molecule has 0 unspecified atom stereocenters. The summed E-state index contributed by atoms with van der Waals surface area (Å²) in [6.07, 6.45) is 2.91. The number of allylic oxidation sites excluding steroid dienone is 1. The summed E-state index contributed by atoms with van der Waals surface area (Å²) in [5.74, 6) is -1.09. The van der Waals surface area contributed by atoms with Crippen molar-refractivity contribution in [3.8, 4) is 0 Å². The predicted octanol–water partition coefficient (Wildman–Crippen LogP) is 3.81. The average Bonchev–Trinajstić information content (AvgIpc) is 2.46. The number of hydrogen-bond acceptors (Lipinski definition) is 2. The summed E-state index contributed by atoms with van der Waals surface area (Å²) in [5, 5.41) is 0.531. The summed E-state index contributed by atoms with van der Waals surface area (Å²) in [6, 6.07) is 15.6. The first-order valence-corrected chi connectivity index (χ1v) is 6.12. The Morgan fingerprint density at radius 3 is 2.16 bits per heavy atom. The topological polar surface area (TPSA) is 34.1 Å². The molecule has 0 radical (unpaired) electrons. The number of carbonyl (C=O) groups excluding carboxylic acids is 2. The van der Waals surface area contributed by atoms with Gasteiger partial charge in [-0.3, -0.25) is 9.59 Å². The Balaban J connectivity index is 2.10. The van der Waals surface area contributed by atoms with Gasteiger partial charge in [-0.05, 0) is 35.9 Å². The van der Waals surface area contributed by atoms with Crippen molar-refractivity contribution in [2.24, 2.45) is 0 Å². The summed E-state index contributed by atoms with van der Waals surface area (Å²) in [5.41, 5.74) is 1.21. The van der Waals surface area contributed by atoms with Crippen molar-refractivity contribution in [1.29, 1.82) is 0 Å². The highest BCUT2D eigenvalue weighted by atomic mass is 35.5. The van der Waals surface area contributed by atoms with Gasteiger partial charge in [0.2, 0.25) is 11.6 Å². The molecule has 0 aliphatic carbocycles. The number of benzene rings is 2. The Kier molecular flexibility index (Phi) is 4.26. The van der Waals surface area contributed by atoms with Crippen LogP contribution in [0.3, 0.4) is 0 Å². The Morgan fingerprint density at radius 2 is 1.53 bits per heavy atom.